The van der Waals surface area contributed by atoms with Gasteiger partial charge in [-0.1, -0.05) is 18.2 Å². The zero-order valence-electron chi connectivity index (χ0n) is 17.9. The number of fused-ring (bicyclic) bond motifs is 1. The second-order valence-corrected chi connectivity index (χ2v) is 8.66. The molecule has 0 saturated carbocycles. The van der Waals surface area contributed by atoms with E-state index in [-0.39, 0.29) is 18.0 Å². The highest BCUT2D eigenvalue weighted by atomic mass is 32.1. The van der Waals surface area contributed by atoms with Gasteiger partial charge in [0.25, 0.3) is 0 Å². The van der Waals surface area contributed by atoms with Gasteiger partial charge in [0.1, 0.15) is 6.54 Å². The molecule has 1 aliphatic rings. The number of thiophene rings is 1. The van der Waals surface area contributed by atoms with E-state index in [2.05, 4.69) is 5.32 Å². The number of rotatable bonds is 4. The van der Waals surface area contributed by atoms with Crippen LogP contribution in [0.5, 0.6) is 0 Å². The van der Waals surface area contributed by atoms with Crippen molar-refractivity contribution in [2.75, 3.05) is 16.8 Å². The van der Waals surface area contributed by atoms with Crippen LogP contribution < -0.4 is 10.2 Å². The summed E-state index contributed by atoms with van der Waals surface area (Å²) in [4.78, 5) is 32.8. The van der Waals surface area contributed by atoms with Gasteiger partial charge in [-0.2, -0.15) is 13.2 Å². The smallest absolute Gasteiger partial charge is 0.324 e. The first-order chi connectivity index (χ1) is 15.6. The molecule has 1 aliphatic heterocycles. The first-order valence-corrected chi connectivity index (χ1v) is 11.0. The Balaban J connectivity index is 1.66. The summed E-state index contributed by atoms with van der Waals surface area (Å²) < 4.78 is 39.9. The molecule has 1 N–H and O–H groups in total. The molecule has 0 aliphatic carbocycles. The first kappa shape index (κ1) is 22.7. The number of hydrogen-bond donors (Lipinski definition) is 1. The van der Waals surface area contributed by atoms with Gasteiger partial charge in [-0.3, -0.25) is 9.59 Å². The second-order valence-electron chi connectivity index (χ2n) is 7.71. The third kappa shape index (κ3) is 4.83. The molecule has 0 bridgehead atoms. The van der Waals surface area contributed by atoms with E-state index in [1.54, 1.807) is 6.07 Å². The number of para-hydroxylation sites is 1. The van der Waals surface area contributed by atoms with Gasteiger partial charge in [0.2, 0.25) is 11.8 Å². The van der Waals surface area contributed by atoms with Crippen LogP contribution in [0.25, 0.3) is 0 Å². The number of alkyl halides is 3. The third-order valence-electron chi connectivity index (χ3n) is 5.37. The predicted octanol–water partition coefficient (Wildman–Crippen LogP) is 5.88. The van der Waals surface area contributed by atoms with Gasteiger partial charge in [-0.15, -0.1) is 11.3 Å². The van der Waals surface area contributed by atoms with E-state index in [4.69, 9.17) is 4.99 Å². The van der Waals surface area contributed by atoms with Gasteiger partial charge >= 0.3 is 6.18 Å². The number of anilines is 2. The summed E-state index contributed by atoms with van der Waals surface area (Å²) in [5.74, 6) is -1.09. The van der Waals surface area contributed by atoms with Gasteiger partial charge in [0, 0.05) is 4.88 Å². The third-order valence-corrected chi connectivity index (χ3v) is 6.29. The van der Waals surface area contributed by atoms with Crippen LogP contribution in [0.2, 0.25) is 0 Å². The topological polar surface area (TPSA) is 61.8 Å². The van der Waals surface area contributed by atoms with E-state index in [1.807, 2.05) is 37.4 Å². The molecule has 3 aromatic rings. The molecule has 0 radical (unpaired) electrons. The van der Waals surface area contributed by atoms with E-state index in [9.17, 15) is 22.8 Å². The molecule has 170 valence electrons. The minimum atomic E-state index is -4.62. The zero-order chi connectivity index (χ0) is 23.8. The Morgan fingerprint density at radius 1 is 1.12 bits per heavy atom. The molecule has 0 fully saturated rings. The predicted molar refractivity (Wildman–Crippen MR) is 123 cm³/mol. The number of carbonyl (C=O) groups excluding carboxylic acids is 2. The molecule has 9 heteroatoms. The van der Waals surface area contributed by atoms with Crippen molar-refractivity contribution in [3.63, 3.8) is 0 Å². The fourth-order valence-corrected chi connectivity index (χ4v) is 4.30. The maximum atomic E-state index is 13.3. The molecule has 2 heterocycles. The highest BCUT2D eigenvalue weighted by Gasteiger charge is 2.34. The molecule has 33 heavy (non-hydrogen) atoms. The molecule has 0 atom stereocenters. The van der Waals surface area contributed by atoms with E-state index in [0.717, 1.165) is 22.1 Å². The molecule has 0 unspecified atom stereocenters. The average Bonchev–Trinajstić information content (AvgIpc) is 3.25. The number of carbonyl (C=O) groups is 2. The van der Waals surface area contributed by atoms with E-state index >= 15 is 0 Å². The number of nitrogens with one attached hydrogen (secondary N) is 1. The van der Waals surface area contributed by atoms with Crippen molar-refractivity contribution in [1.82, 2.24) is 0 Å². The number of nitrogens with zero attached hydrogens (tertiary/aromatic N) is 2. The van der Waals surface area contributed by atoms with Crippen LogP contribution in [-0.4, -0.2) is 24.1 Å². The number of aryl methyl sites for hydroxylation is 2. The first-order valence-electron chi connectivity index (χ1n) is 10.1. The Morgan fingerprint density at radius 2 is 1.85 bits per heavy atom. The van der Waals surface area contributed by atoms with Gasteiger partial charge in [-0.05, 0) is 60.7 Å². The Hall–Kier alpha value is -3.46. The van der Waals surface area contributed by atoms with Crippen LogP contribution in [0, 0.1) is 13.8 Å². The van der Waals surface area contributed by atoms with Crippen LogP contribution in [0.4, 0.5) is 30.2 Å². The fraction of sp³-hybridized carbons (Fsp3) is 0.208. The standard InChI is InChI=1S/C24H20F3N3O2S/c1-14-10-18-20(11-15(14)2)30(23(32)12-19(28-18)21-8-5-9-33-21)13-22(31)29-17-7-4-3-6-16(17)24(25,26)27/h3-11H,12-13H2,1-2H3,(H,29,31). The van der Waals surface area contributed by atoms with Crippen molar-refractivity contribution >= 4 is 45.9 Å². The monoisotopic (exact) mass is 471 g/mol. The maximum absolute atomic E-state index is 13.3. The number of aliphatic imine (C=N–C) groups is 1. The molecule has 1 aromatic heterocycles. The minimum absolute atomic E-state index is 0.0281. The van der Waals surface area contributed by atoms with E-state index in [0.29, 0.717) is 17.1 Å². The van der Waals surface area contributed by atoms with Crippen molar-refractivity contribution in [1.29, 1.82) is 0 Å². The summed E-state index contributed by atoms with van der Waals surface area (Å²) in [5.41, 5.74) is 2.16. The van der Waals surface area contributed by atoms with Gasteiger partial charge in [0.15, 0.2) is 0 Å². The maximum Gasteiger partial charge on any atom is 0.418 e. The van der Waals surface area contributed by atoms with Crippen molar-refractivity contribution in [2.24, 2.45) is 4.99 Å². The molecule has 5 nitrogen and oxygen atoms in total. The van der Waals surface area contributed by atoms with Crippen molar-refractivity contribution in [2.45, 2.75) is 26.4 Å². The fourth-order valence-electron chi connectivity index (χ4n) is 3.58. The summed E-state index contributed by atoms with van der Waals surface area (Å²) in [5, 5.41) is 4.20. The van der Waals surface area contributed by atoms with Crippen LogP contribution in [-0.2, 0) is 15.8 Å². The van der Waals surface area contributed by atoms with E-state index < -0.39 is 24.2 Å². The highest BCUT2D eigenvalue weighted by Crippen LogP contribution is 2.37. The Bertz CT molecular complexity index is 1250. The summed E-state index contributed by atoms with van der Waals surface area (Å²) in [6.07, 6.45) is -4.65. The second kappa shape index (κ2) is 8.82. The lowest BCUT2D eigenvalue weighted by Gasteiger charge is -2.23. The van der Waals surface area contributed by atoms with E-state index in [1.165, 1.54) is 34.4 Å². The molecule has 2 amide bonds. The largest absolute Gasteiger partial charge is 0.418 e. The number of hydrogen-bond acceptors (Lipinski definition) is 4. The lowest BCUT2D eigenvalue weighted by molar-refractivity contribution is -0.137. The molecule has 0 saturated heterocycles. The van der Waals surface area contributed by atoms with Crippen molar-refractivity contribution in [3.8, 4) is 0 Å². The molecule has 4 rings (SSSR count). The van der Waals surface area contributed by atoms with Crippen LogP contribution in [0.1, 0.15) is 28.0 Å². The lowest BCUT2D eigenvalue weighted by Crippen LogP contribution is -2.38. The number of amides is 2. The van der Waals surface area contributed by atoms with Crippen LogP contribution in [0.15, 0.2) is 58.9 Å². The van der Waals surface area contributed by atoms with Gasteiger partial charge in [-0.25, -0.2) is 4.99 Å². The summed E-state index contributed by atoms with van der Waals surface area (Å²) in [6.45, 7) is 3.37. The van der Waals surface area contributed by atoms with Gasteiger partial charge in [0.05, 0.1) is 34.8 Å². The lowest BCUT2D eigenvalue weighted by atomic mass is 10.1. The molecule has 0 spiro atoms. The Kier molecular flexibility index (Phi) is 6.07. The Labute approximate surface area is 192 Å². The summed E-state index contributed by atoms with van der Waals surface area (Å²) in [7, 11) is 0. The summed E-state index contributed by atoms with van der Waals surface area (Å²) >= 11 is 1.46. The highest BCUT2D eigenvalue weighted by molar-refractivity contribution is 7.12. The quantitative estimate of drug-likeness (QED) is 0.517. The zero-order valence-corrected chi connectivity index (χ0v) is 18.7. The number of halogens is 3. The molecule has 2 aromatic carbocycles. The number of benzene rings is 2. The Morgan fingerprint density at radius 3 is 2.55 bits per heavy atom. The average molecular weight is 472 g/mol. The molecular formula is C24H20F3N3O2S. The normalized spacial score (nSPS) is 13.9. The van der Waals surface area contributed by atoms with Gasteiger partial charge < -0.3 is 10.2 Å². The minimum Gasteiger partial charge on any atom is -0.324 e. The SMILES string of the molecule is Cc1cc2c(cc1C)N(CC(=O)Nc1ccccc1C(F)(F)F)C(=O)CC(c1cccs1)=N2. The van der Waals surface area contributed by atoms with Crippen LogP contribution in [0.3, 0.4) is 0 Å². The van der Waals surface area contributed by atoms with Crippen molar-refractivity contribution in [3.05, 3.63) is 75.5 Å². The summed E-state index contributed by atoms with van der Waals surface area (Å²) in [6, 6.07) is 12.1. The van der Waals surface area contributed by atoms with Crippen LogP contribution >= 0.6 is 11.3 Å². The molecular weight excluding hydrogens is 451 g/mol. The van der Waals surface area contributed by atoms with Crippen molar-refractivity contribution < 1.29 is 22.8 Å².